The van der Waals surface area contributed by atoms with E-state index < -0.39 is 0 Å². The van der Waals surface area contributed by atoms with Crippen molar-refractivity contribution in [3.63, 3.8) is 0 Å². The molecular weight excluding hydrogens is 328 g/mol. The van der Waals surface area contributed by atoms with Crippen molar-refractivity contribution in [2.75, 3.05) is 18.4 Å². The third-order valence-corrected chi connectivity index (χ3v) is 5.62. The minimum absolute atomic E-state index is 0.154. The van der Waals surface area contributed by atoms with E-state index in [9.17, 15) is 4.79 Å². The lowest BCUT2D eigenvalue weighted by molar-refractivity contribution is 0.192. The van der Waals surface area contributed by atoms with Crippen LogP contribution in [0, 0.1) is 0 Å². The van der Waals surface area contributed by atoms with Crippen LogP contribution in [0.5, 0.6) is 0 Å². The Labute approximate surface area is 151 Å². The van der Waals surface area contributed by atoms with Crippen LogP contribution < -0.4 is 10.9 Å². The van der Waals surface area contributed by atoms with Gasteiger partial charge in [0.1, 0.15) is 5.39 Å². The number of H-pyrrole nitrogens is 1. The number of piperidine rings is 1. The maximum Gasteiger partial charge on any atom is 0.263 e. The first-order chi connectivity index (χ1) is 12.8. The number of para-hydroxylation sites is 1. The van der Waals surface area contributed by atoms with E-state index in [0.717, 1.165) is 18.7 Å². The highest BCUT2D eigenvalue weighted by Gasteiger charge is 2.35. The van der Waals surface area contributed by atoms with Crippen LogP contribution in [0.25, 0.3) is 16.7 Å². The fraction of sp³-hybridized carbons (Fsp3) is 0.421. The predicted octanol–water partition coefficient (Wildman–Crippen LogP) is 2.15. The zero-order chi connectivity index (χ0) is 17.5. The molecule has 7 heteroatoms. The van der Waals surface area contributed by atoms with Crippen molar-refractivity contribution >= 4 is 17.0 Å². The molecule has 4 heterocycles. The summed E-state index contributed by atoms with van der Waals surface area (Å²) in [6, 6.07) is 10.7. The van der Waals surface area contributed by atoms with Gasteiger partial charge in [-0.15, -0.1) is 0 Å². The molecule has 2 saturated heterocycles. The number of hydrogen-bond donors (Lipinski definition) is 2. The summed E-state index contributed by atoms with van der Waals surface area (Å²) < 4.78 is 1.72. The Morgan fingerprint density at radius 3 is 2.88 bits per heavy atom. The molecule has 7 nitrogen and oxygen atoms in total. The fourth-order valence-electron chi connectivity index (χ4n) is 4.34. The third kappa shape index (κ3) is 2.59. The van der Waals surface area contributed by atoms with Crippen molar-refractivity contribution in [2.45, 2.75) is 37.8 Å². The third-order valence-electron chi connectivity index (χ3n) is 5.62. The van der Waals surface area contributed by atoms with E-state index in [1.165, 1.54) is 25.8 Å². The molecule has 2 fully saturated rings. The summed E-state index contributed by atoms with van der Waals surface area (Å²) in [5.74, 6) is 0.539. The molecule has 2 aliphatic heterocycles. The smallest absolute Gasteiger partial charge is 0.263 e. The SMILES string of the molecule is O=c1[nH]c(NC2CCN3CCCCC23)nc2c1cnn2-c1ccccc1. The first-order valence-electron chi connectivity index (χ1n) is 9.34. The number of fused-ring (bicyclic) bond motifs is 2. The van der Waals surface area contributed by atoms with E-state index in [-0.39, 0.29) is 5.56 Å². The van der Waals surface area contributed by atoms with E-state index in [1.807, 2.05) is 30.3 Å². The number of rotatable bonds is 3. The fourth-order valence-corrected chi connectivity index (χ4v) is 4.34. The second-order valence-electron chi connectivity index (χ2n) is 7.18. The number of aromatic nitrogens is 4. The Balaban J connectivity index is 1.50. The molecule has 2 unspecified atom stereocenters. The van der Waals surface area contributed by atoms with E-state index >= 15 is 0 Å². The molecule has 2 atom stereocenters. The second-order valence-corrected chi connectivity index (χ2v) is 7.18. The van der Waals surface area contributed by atoms with Gasteiger partial charge >= 0.3 is 0 Å². The second kappa shape index (κ2) is 6.25. The van der Waals surface area contributed by atoms with Gasteiger partial charge in [-0.3, -0.25) is 14.7 Å². The molecule has 0 aliphatic carbocycles. The van der Waals surface area contributed by atoms with Gasteiger partial charge in [0.25, 0.3) is 5.56 Å². The van der Waals surface area contributed by atoms with Crippen LogP contribution in [-0.4, -0.2) is 49.8 Å². The molecule has 1 aromatic carbocycles. The number of benzene rings is 1. The number of hydrogen-bond acceptors (Lipinski definition) is 5. The Morgan fingerprint density at radius 2 is 2.00 bits per heavy atom. The Hall–Kier alpha value is -2.67. The molecule has 26 heavy (non-hydrogen) atoms. The van der Waals surface area contributed by atoms with Crippen molar-refractivity contribution in [3.8, 4) is 5.69 Å². The van der Waals surface area contributed by atoms with Gasteiger partial charge in [-0.2, -0.15) is 10.1 Å². The lowest BCUT2D eigenvalue weighted by Crippen LogP contribution is -2.42. The van der Waals surface area contributed by atoms with Crippen molar-refractivity contribution < 1.29 is 0 Å². The summed E-state index contributed by atoms with van der Waals surface area (Å²) in [7, 11) is 0. The van der Waals surface area contributed by atoms with Crippen LogP contribution in [0.4, 0.5) is 5.95 Å². The molecule has 2 aliphatic rings. The minimum atomic E-state index is -0.154. The van der Waals surface area contributed by atoms with Gasteiger partial charge < -0.3 is 5.32 Å². The summed E-state index contributed by atoms with van der Waals surface area (Å²) in [6.45, 7) is 2.31. The molecule has 0 amide bonds. The van der Waals surface area contributed by atoms with Gasteiger partial charge in [-0.1, -0.05) is 24.6 Å². The zero-order valence-electron chi connectivity index (χ0n) is 14.6. The quantitative estimate of drug-likeness (QED) is 0.757. The van der Waals surface area contributed by atoms with Gasteiger partial charge in [-0.25, -0.2) is 4.68 Å². The maximum absolute atomic E-state index is 12.5. The summed E-state index contributed by atoms with van der Waals surface area (Å²) in [5, 5.41) is 8.36. The van der Waals surface area contributed by atoms with Crippen LogP contribution >= 0.6 is 0 Å². The Morgan fingerprint density at radius 1 is 1.12 bits per heavy atom. The average Bonchev–Trinajstić information content (AvgIpc) is 3.28. The van der Waals surface area contributed by atoms with Crippen LogP contribution in [0.1, 0.15) is 25.7 Å². The van der Waals surface area contributed by atoms with E-state index in [4.69, 9.17) is 0 Å². The van der Waals surface area contributed by atoms with Gasteiger partial charge in [0, 0.05) is 18.6 Å². The zero-order valence-corrected chi connectivity index (χ0v) is 14.6. The largest absolute Gasteiger partial charge is 0.351 e. The van der Waals surface area contributed by atoms with E-state index in [2.05, 4.69) is 25.3 Å². The molecule has 2 aromatic heterocycles. The number of anilines is 1. The maximum atomic E-state index is 12.5. The highest BCUT2D eigenvalue weighted by atomic mass is 16.1. The summed E-state index contributed by atoms with van der Waals surface area (Å²) >= 11 is 0. The Kier molecular flexibility index (Phi) is 3.74. The molecule has 5 rings (SSSR count). The highest BCUT2D eigenvalue weighted by Crippen LogP contribution is 2.28. The van der Waals surface area contributed by atoms with Crippen molar-refractivity contribution in [1.82, 2.24) is 24.6 Å². The lowest BCUT2D eigenvalue weighted by Gasteiger charge is -2.32. The molecule has 0 bridgehead atoms. The molecule has 3 aromatic rings. The van der Waals surface area contributed by atoms with Gasteiger partial charge in [0.15, 0.2) is 5.65 Å². The first kappa shape index (κ1) is 15.6. The van der Waals surface area contributed by atoms with Gasteiger partial charge in [0.05, 0.1) is 11.9 Å². The van der Waals surface area contributed by atoms with Crippen LogP contribution in [0.3, 0.4) is 0 Å². The monoisotopic (exact) mass is 350 g/mol. The van der Waals surface area contributed by atoms with Crippen molar-refractivity contribution in [3.05, 3.63) is 46.9 Å². The summed E-state index contributed by atoms with van der Waals surface area (Å²) in [5.41, 5.74) is 1.32. The van der Waals surface area contributed by atoms with Crippen molar-refractivity contribution in [2.24, 2.45) is 0 Å². The highest BCUT2D eigenvalue weighted by molar-refractivity contribution is 5.76. The lowest BCUT2D eigenvalue weighted by atomic mass is 9.99. The van der Waals surface area contributed by atoms with Crippen molar-refractivity contribution in [1.29, 1.82) is 0 Å². The average molecular weight is 350 g/mol. The van der Waals surface area contributed by atoms with Gasteiger partial charge in [0.2, 0.25) is 5.95 Å². The molecule has 0 spiro atoms. The van der Waals surface area contributed by atoms with Crippen LogP contribution in [-0.2, 0) is 0 Å². The molecule has 0 saturated carbocycles. The van der Waals surface area contributed by atoms with E-state index in [0.29, 0.717) is 29.1 Å². The minimum Gasteiger partial charge on any atom is -0.351 e. The molecular formula is C19H22N6O. The number of nitrogens with zero attached hydrogens (tertiary/aromatic N) is 4. The predicted molar refractivity (Wildman–Crippen MR) is 101 cm³/mol. The molecule has 0 radical (unpaired) electrons. The number of aromatic amines is 1. The summed E-state index contributed by atoms with van der Waals surface area (Å²) in [6.07, 6.45) is 6.45. The van der Waals surface area contributed by atoms with Gasteiger partial charge in [-0.05, 0) is 37.9 Å². The van der Waals surface area contributed by atoms with E-state index in [1.54, 1.807) is 10.9 Å². The van der Waals surface area contributed by atoms with Crippen LogP contribution in [0.2, 0.25) is 0 Å². The number of nitrogens with one attached hydrogen (secondary N) is 2. The van der Waals surface area contributed by atoms with Crippen LogP contribution in [0.15, 0.2) is 41.3 Å². The summed E-state index contributed by atoms with van der Waals surface area (Å²) in [4.78, 5) is 22.6. The molecule has 2 N–H and O–H groups in total. The normalized spacial score (nSPS) is 23.2. The molecule has 134 valence electrons. The topological polar surface area (TPSA) is 78.8 Å². The first-order valence-corrected chi connectivity index (χ1v) is 9.34. The Bertz CT molecular complexity index is 979. The standard InChI is InChI=1S/C19H22N6O/c26-18-14-12-20-25(13-6-2-1-3-7-13)17(14)22-19(23-18)21-15-9-11-24-10-5-4-8-16(15)24/h1-3,6-7,12,15-16H,4-5,8-11H2,(H2,21,22,23,26).